The highest BCUT2D eigenvalue weighted by Gasteiger charge is 2.23. The van der Waals surface area contributed by atoms with Crippen LogP contribution >= 0.6 is 0 Å². The van der Waals surface area contributed by atoms with Crippen molar-refractivity contribution in [2.24, 2.45) is 4.99 Å². The molecular formula is C14H22N4. The van der Waals surface area contributed by atoms with Crippen LogP contribution in [0.1, 0.15) is 6.42 Å². The fourth-order valence-corrected chi connectivity index (χ4v) is 2.33. The van der Waals surface area contributed by atoms with E-state index >= 15 is 0 Å². The van der Waals surface area contributed by atoms with Crippen LogP contribution in [0.15, 0.2) is 35.3 Å². The summed E-state index contributed by atoms with van der Waals surface area (Å²) in [5, 5.41) is 3.50. The van der Waals surface area contributed by atoms with E-state index < -0.39 is 0 Å². The van der Waals surface area contributed by atoms with Crippen LogP contribution < -0.4 is 10.2 Å². The van der Waals surface area contributed by atoms with Crippen LogP contribution in [0.25, 0.3) is 0 Å². The minimum Gasteiger partial charge on any atom is -0.369 e. The van der Waals surface area contributed by atoms with Gasteiger partial charge in [0.15, 0.2) is 5.96 Å². The van der Waals surface area contributed by atoms with Crippen molar-refractivity contribution < 1.29 is 0 Å². The fraction of sp³-hybridized carbons (Fsp3) is 0.500. The molecule has 1 unspecified atom stereocenters. The molecule has 1 aromatic carbocycles. The van der Waals surface area contributed by atoms with Gasteiger partial charge in [0.25, 0.3) is 0 Å². The number of rotatable bonds is 2. The number of hydrogen-bond acceptors (Lipinski definition) is 2. The predicted octanol–water partition coefficient (Wildman–Crippen LogP) is 1.40. The number of benzene rings is 1. The van der Waals surface area contributed by atoms with E-state index in [9.17, 15) is 0 Å². The molecule has 4 nitrogen and oxygen atoms in total. The van der Waals surface area contributed by atoms with Crippen LogP contribution in [-0.4, -0.2) is 51.1 Å². The van der Waals surface area contributed by atoms with Gasteiger partial charge >= 0.3 is 0 Å². The van der Waals surface area contributed by atoms with Crippen LogP contribution in [0.2, 0.25) is 0 Å². The van der Waals surface area contributed by atoms with Gasteiger partial charge in [0.05, 0.1) is 0 Å². The molecule has 0 amide bonds. The van der Waals surface area contributed by atoms with Gasteiger partial charge in [-0.25, -0.2) is 0 Å². The van der Waals surface area contributed by atoms with Gasteiger partial charge in [0.1, 0.15) is 0 Å². The lowest BCUT2D eigenvalue weighted by Crippen LogP contribution is -2.43. The van der Waals surface area contributed by atoms with E-state index in [4.69, 9.17) is 0 Å². The molecule has 1 heterocycles. The van der Waals surface area contributed by atoms with E-state index in [1.54, 1.807) is 0 Å². The minimum atomic E-state index is 0.478. The summed E-state index contributed by atoms with van der Waals surface area (Å²) in [5.74, 6) is 0.954. The largest absolute Gasteiger partial charge is 0.369 e. The Kier molecular flexibility index (Phi) is 4.07. The summed E-state index contributed by atoms with van der Waals surface area (Å²) < 4.78 is 0. The predicted molar refractivity (Wildman–Crippen MR) is 77.2 cm³/mol. The second-order valence-electron chi connectivity index (χ2n) is 4.85. The van der Waals surface area contributed by atoms with Crippen molar-refractivity contribution >= 4 is 11.6 Å². The van der Waals surface area contributed by atoms with Crippen LogP contribution in [0.3, 0.4) is 0 Å². The third-order valence-corrected chi connectivity index (χ3v) is 3.28. The molecule has 0 saturated carbocycles. The number of para-hydroxylation sites is 1. The van der Waals surface area contributed by atoms with Crippen LogP contribution in [0.5, 0.6) is 0 Å². The van der Waals surface area contributed by atoms with E-state index in [1.165, 1.54) is 5.69 Å². The van der Waals surface area contributed by atoms with E-state index in [0.29, 0.717) is 6.04 Å². The third-order valence-electron chi connectivity index (χ3n) is 3.28. The number of aliphatic imine (C=N–C) groups is 1. The monoisotopic (exact) mass is 246 g/mol. The summed E-state index contributed by atoms with van der Waals surface area (Å²) >= 11 is 0. The summed E-state index contributed by atoms with van der Waals surface area (Å²) in [6.07, 6.45) is 1.15. The smallest absolute Gasteiger partial charge is 0.193 e. The van der Waals surface area contributed by atoms with Crippen molar-refractivity contribution in [3.05, 3.63) is 30.3 Å². The number of anilines is 1. The second kappa shape index (κ2) is 5.76. The molecule has 1 aromatic rings. The van der Waals surface area contributed by atoms with Gasteiger partial charge in [-0.1, -0.05) is 18.2 Å². The Bertz CT molecular complexity index is 400. The first-order chi connectivity index (χ1) is 8.70. The summed E-state index contributed by atoms with van der Waals surface area (Å²) in [7, 11) is 5.85. The van der Waals surface area contributed by atoms with E-state index in [-0.39, 0.29) is 0 Å². The molecule has 0 aromatic heterocycles. The Morgan fingerprint density at radius 1 is 1.33 bits per heavy atom. The van der Waals surface area contributed by atoms with E-state index in [2.05, 4.69) is 45.5 Å². The quantitative estimate of drug-likeness (QED) is 0.632. The van der Waals surface area contributed by atoms with E-state index in [1.807, 2.05) is 26.0 Å². The number of nitrogens with one attached hydrogen (secondary N) is 1. The van der Waals surface area contributed by atoms with Crippen LogP contribution in [0.4, 0.5) is 5.69 Å². The summed E-state index contributed by atoms with van der Waals surface area (Å²) in [5.41, 5.74) is 1.31. The lowest BCUT2D eigenvalue weighted by Gasteiger charge is -2.22. The topological polar surface area (TPSA) is 30.9 Å². The van der Waals surface area contributed by atoms with Gasteiger partial charge in [-0.3, -0.25) is 4.99 Å². The molecule has 0 spiro atoms. The van der Waals surface area contributed by atoms with Gasteiger partial charge in [-0.15, -0.1) is 0 Å². The summed E-state index contributed by atoms with van der Waals surface area (Å²) in [6, 6.07) is 11.1. The SMILES string of the molecule is CN=C(NC1CCN(c2ccccc2)C1)N(C)C. The fourth-order valence-electron chi connectivity index (χ4n) is 2.33. The zero-order valence-corrected chi connectivity index (χ0v) is 11.4. The standard InChI is InChI=1S/C14H22N4/c1-15-14(17(2)3)16-12-9-10-18(11-12)13-7-5-4-6-8-13/h4-8,12H,9-11H2,1-3H3,(H,15,16). The molecule has 1 saturated heterocycles. The highest BCUT2D eigenvalue weighted by atomic mass is 15.3. The van der Waals surface area contributed by atoms with Gasteiger partial charge in [-0.05, 0) is 18.6 Å². The molecular weight excluding hydrogens is 224 g/mol. The number of nitrogens with zero attached hydrogens (tertiary/aromatic N) is 3. The summed E-state index contributed by atoms with van der Waals surface area (Å²) in [4.78, 5) is 8.70. The number of hydrogen-bond donors (Lipinski definition) is 1. The normalized spacial score (nSPS) is 20.1. The van der Waals surface area contributed by atoms with Crippen LogP contribution in [0, 0.1) is 0 Å². The first kappa shape index (κ1) is 12.7. The van der Waals surface area contributed by atoms with Crippen molar-refractivity contribution in [3.63, 3.8) is 0 Å². The van der Waals surface area contributed by atoms with Crippen molar-refractivity contribution in [1.29, 1.82) is 0 Å². The third kappa shape index (κ3) is 2.94. The van der Waals surface area contributed by atoms with Gasteiger partial charge in [0.2, 0.25) is 0 Å². The van der Waals surface area contributed by atoms with Crippen molar-refractivity contribution in [2.75, 3.05) is 39.1 Å². The Morgan fingerprint density at radius 3 is 2.67 bits per heavy atom. The Morgan fingerprint density at radius 2 is 2.06 bits per heavy atom. The molecule has 4 heteroatoms. The molecule has 0 bridgehead atoms. The molecule has 1 N–H and O–H groups in total. The highest BCUT2D eigenvalue weighted by Crippen LogP contribution is 2.19. The Balaban J connectivity index is 1.93. The van der Waals surface area contributed by atoms with Crippen molar-refractivity contribution in [3.8, 4) is 0 Å². The van der Waals surface area contributed by atoms with Gasteiger partial charge < -0.3 is 15.1 Å². The van der Waals surface area contributed by atoms with Gasteiger partial charge in [0, 0.05) is 46.0 Å². The lowest BCUT2D eigenvalue weighted by molar-refractivity contribution is 0.548. The highest BCUT2D eigenvalue weighted by molar-refractivity contribution is 5.79. The Hall–Kier alpha value is -1.71. The molecule has 1 aliphatic rings. The summed E-state index contributed by atoms with van der Waals surface area (Å²) in [6.45, 7) is 2.14. The zero-order valence-electron chi connectivity index (χ0n) is 11.4. The molecule has 1 aliphatic heterocycles. The molecule has 18 heavy (non-hydrogen) atoms. The Labute approximate surface area is 109 Å². The molecule has 2 rings (SSSR count). The lowest BCUT2D eigenvalue weighted by atomic mass is 10.3. The maximum Gasteiger partial charge on any atom is 0.193 e. The first-order valence-electron chi connectivity index (χ1n) is 6.41. The molecule has 1 fully saturated rings. The average Bonchev–Trinajstić information content (AvgIpc) is 2.85. The molecule has 98 valence electrons. The van der Waals surface area contributed by atoms with Crippen LogP contribution in [-0.2, 0) is 0 Å². The van der Waals surface area contributed by atoms with Crippen molar-refractivity contribution in [1.82, 2.24) is 10.2 Å². The van der Waals surface area contributed by atoms with Gasteiger partial charge in [-0.2, -0.15) is 0 Å². The second-order valence-corrected chi connectivity index (χ2v) is 4.85. The first-order valence-corrected chi connectivity index (χ1v) is 6.41. The minimum absolute atomic E-state index is 0.478. The maximum absolute atomic E-state index is 4.26. The molecule has 1 atom stereocenters. The number of guanidine groups is 1. The zero-order chi connectivity index (χ0) is 13.0. The molecule has 0 aliphatic carbocycles. The van der Waals surface area contributed by atoms with E-state index in [0.717, 1.165) is 25.5 Å². The molecule has 0 radical (unpaired) electrons. The average molecular weight is 246 g/mol. The maximum atomic E-state index is 4.26. The van der Waals surface area contributed by atoms with Crippen molar-refractivity contribution in [2.45, 2.75) is 12.5 Å².